The number of ether oxygens (including phenoxy) is 1. The SMILES string of the molecule is O=C(COC(=O)CSc1ncnc2sccc12)NC1CCCc2ccccc21. The highest BCUT2D eigenvalue weighted by atomic mass is 32.2. The highest BCUT2D eigenvalue weighted by molar-refractivity contribution is 8.00. The molecule has 0 saturated heterocycles. The molecule has 1 aromatic carbocycles. The van der Waals surface area contributed by atoms with Crippen molar-refractivity contribution in [2.45, 2.75) is 30.3 Å². The third-order valence-corrected chi connectivity index (χ3v) is 6.42. The van der Waals surface area contributed by atoms with Crippen molar-refractivity contribution in [3.05, 3.63) is 53.2 Å². The molecule has 2 aromatic heterocycles. The first-order valence-electron chi connectivity index (χ1n) is 9.04. The summed E-state index contributed by atoms with van der Waals surface area (Å²) in [5, 5.41) is 6.59. The first kappa shape index (κ1) is 18.9. The van der Waals surface area contributed by atoms with Crippen molar-refractivity contribution in [3.8, 4) is 0 Å². The van der Waals surface area contributed by atoms with Gasteiger partial charge in [0, 0.05) is 5.39 Å². The molecule has 8 heteroatoms. The summed E-state index contributed by atoms with van der Waals surface area (Å²) in [5.74, 6) is -0.616. The summed E-state index contributed by atoms with van der Waals surface area (Å²) in [6.45, 7) is -0.268. The Labute approximate surface area is 170 Å². The number of thioether (sulfide) groups is 1. The van der Waals surface area contributed by atoms with Gasteiger partial charge < -0.3 is 10.1 Å². The van der Waals surface area contributed by atoms with Gasteiger partial charge in [-0.3, -0.25) is 9.59 Å². The average molecular weight is 414 g/mol. The van der Waals surface area contributed by atoms with Crippen molar-refractivity contribution >= 4 is 45.2 Å². The van der Waals surface area contributed by atoms with E-state index in [2.05, 4.69) is 27.4 Å². The fourth-order valence-electron chi connectivity index (χ4n) is 3.34. The number of aryl methyl sites for hydroxylation is 1. The van der Waals surface area contributed by atoms with Crippen LogP contribution in [0.15, 0.2) is 47.1 Å². The molecule has 6 nitrogen and oxygen atoms in total. The van der Waals surface area contributed by atoms with Crippen LogP contribution in [0.25, 0.3) is 10.2 Å². The Balaban J connectivity index is 1.26. The Hall–Kier alpha value is -2.45. The number of nitrogens with one attached hydrogen (secondary N) is 1. The van der Waals surface area contributed by atoms with Crippen LogP contribution in [0.2, 0.25) is 0 Å². The standard InChI is InChI=1S/C20H19N3O3S2/c24-17(23-16-7-3-5-13-4-1-2-6-14(13)16)10-26-18(25)11-28-20-15-8-9-27-19(15)21-12-22-20/h1-2,4,6,8-9,12,16H,3,5,7,10-11H2,(H,23,24). The van der Waals surface area contributed by atoms with Crippen molar-refractivity contribution in [3.63, 3.8) is 0 Å². The summed E-state index contributed by atoms with van der Waals surface area (Å²) in [5.41, 5.74) is 2.43. The first-order chi connectivity index (χ1) is 13.7. The minimum Gasteiger partial charge on any atom is -0.455 e. The molecule has 1 unspecified atom stereocenters. The first-order valence-corrected chi connectivity index (χ1v) is 10.9. The maximum absolute atomic E-state index is 12.2. The number of esters is 1. The minimum absolute atomic E-state index is 0.0154. The summed E-state index contributed by atoms with van der Waals surface area (Å²) in [7, 11) is 0. The lowest BCUT2D eigenvalue weighted by Gasteiger charge is -2.26. The Kier molecular flexibility index (Phi) is 5.87. The number of hydrogen-bond acceptors (Lipinski definition) is 7. The zero-order valence-electron chi connectivity index (χ0n) is 15.1. The van der Waals surface area contributed by atoms with E-state index in [1.165, 1.54) is 35.0 Å². The van der Waals surface area contributed by atoms with Crippen LogP contribution < -0.4 is 5.32 Å². The van der Waals surface area contributed by atoms with Gasteiger partial charge in [0.15, 0.2) is 6.61 Å². The van der Waals surface area contributed by atoms with Gasteiger partial charge in [-0.1, -0.05) is 36.0 Å². The van der Waals surface area contributed by atoms with E-state index in [1.54, 1.807) is 0 Å². The van der Waals surface area contributed by atoms with Crippen LogP contribution in [0.1, 0.15) is 30.0 Å². The monoisotopic (exact) mass is 413 g/mol. The molecule has 0 saturated carbocycles. The second kappa shape index (κ2) is 8.70. The normalized spacial score (nSPS) is 15.8. The highest BCUT2D eigenvalue weighted by Gasteiger charge is 2.21. The van der Waals surface area contributed by atoms with E-state index < -0.39 is 5.97 Å². The molecule has 1 atom stereocenters. The van der Waals surface area contributed by atoms with Gasteiger partial charge >= 0.3 is 5.97 Å². The molecule has 2 heterocycles. The van der Waals surface area contributed by atoms with Gasteiger partial charge in [0.05, 0.1) is 11.8 Å². The van der Waals surface area contributed by atoms with E-state index in [4.69, 9.17) is 4.74 Å². The molecular weight excluding hydrogens is 394 g/mol. The number of amides is 1. The van der Waals surface area contributed by atoms with Crippen LogP contribution in [0.5, 0.6) is 0 Å². The molecule has 3 aromatic rings. The van der Waals surface area contributed by atoms with Crippen LogP contribution in [0.4, 0.5) is 0 Å². The van der Waals surface area contributed by atoms with Crippen molar-refractivity contribution in [1.29, 1.82) is 0 Å². The number of fused-ring (bicyclic) bond motifs is 2. The number of carbonyl (C=O) groups excluding carboxylic acids is 2. The maximum atomic E-state index is 12.2. The second-order valence-electron chi connectivity index (χ2n) is 6.48. The average Bonchev–Trinajstić information content (AvgIpc) is 3.20. The van der Waals surface area contributed by atoms with Crippen LogP contribution in [0.3, 0.4) is 0 Å². The van der Waals surface area contributed by atoms with Crippen LogP contribution >= 0.6 is 23.1 Å². The van der Waals surface area contributed by atoms with Gasteiger partial charge in [0.25, 0.3) is 5.91 Å². The van der Waals surface area contributed by atoms with Crippen molar-refractivity contribution in [2.75, 3.05) is 12.4 Å². The lowest BCUT2D eigenvalue weighted by molar-refractivity contribution is -0.146. The lowest BCUT2D eigenvalue weighted by atomic mass is 9.88. The Bertz CT molecular complexity index is 1010. The Morgan fingerprint density at radius 2 is 2.14 bits per heavy atom. The molecule has 28 heavy (non-hydrogen) atoms. The zero-order chi connectivity index (χ0) is 19.3. The van der Waals surface area contributed by atoms with Crippen LogP contribution in [-0.4, -0.2) is 34.2 Å². The summed E-state index contributed by atoms with van der Waals surface area (Å²) in [6.07, 6.45) is 4.46. The molecule has 0 bridgehead atoms. The molecule has 0 radical (unpaired) electrons. The molecule has 0 aliphatic heterocycles. The third-order valence-electron chi connectivity index (χ3n) is 4.62. The van der Waals surface area contributed by atoms with Crippen molar-refractivity contribution in [1.82, 2.24) is 15.3 Å². The van der Waals surface area contributed by atoms with Gasteiger partial charge in [-0.05, 0) is 41.8 Å². The largest absolute Gasteiger partial charge is 0.455 e. The van der Waals surface area contributed by atoms with Gasteiger partial charge in [0.1, 0.15) is 16.2 Å². The Morgan fingerprint density at radius 3 is 3.07 bits per heavy atom. The molecule has 1 aliphatic rings. The predicted octanol–water partition coefficient (Wildman–Crippen LogP) is 3.52. The molecule has 0 spiro atoms. The molecule has 144 valence electrons. The highest BCUT2D eigenvalue weighted by Crippen LogP contribution is 2.29. The summed E-state index contributed by atoms with van der Waals surface area (Å²) in [4.78, 5) is 33.5. The van der Waals surface area contributed by atoms with Gasteiger partial charge in [-0.2, -0.15) is 0 Å². The van der Waals surface area contributed by atoms with E-state index in [-0.39, 0.29) is 24.3 Å². The predicted molar refractivity (Wildman–Crippen MR) is 109 cm³/mol. The third kappa shape index (κ3) is 4.34. The zero-order valence-corrected chi connectivity index (χ0v) is 16.7. The molecule has 1 amide bonds. The van der Waals surface area contributed by atoms with Crippen LogP contribution in [0, 0.1) is 0 Å². The minimum atomic E-state index is -0.439. The summed E-state index contributed by atoms with van der Waals surface area (Å²) < 4.78 is 5.14. The van der Waals surface area contributed by atoms with E-state index >= 15 is 0 Å². The van der Waals surface area contributed by atoms with E-state index in [9.17, 15) is 9.59 Å². The molecule has 1 aliphatic carbocycles. The van der Waals surface area contributed by atoms with Crippen LogP contribution in [-0.2, 0) is 20.7 Å². The Morgan fingerprint density at radius 1 is 1.25 bits per heavy atom. The summed E-state index contributed by atoms with van der Waals surface area (Å²) in [6, 6.07) is 10.1. The smallest absolute Gasteiger partial charge is 0.316 e. The van der Waals surface area contributed by atoms with E-state index in [1.807, 2.05) is 23.6 Å². The summed E-state index contributed by atoms with van der Waals surface area (Å²) >= 11 is 2.82. The number of carbonyl (C=O) groups is 2. The fourth-order valence-corrected chi connectivity index (χ4v) is 4.91. The molecule has 4 rings (SSSR count). The number of hydrogen-bond donors (Lipinski definition) is 1. The number of benzene rings is 1. The topological polar surface area (TPSA) is 81.2 Å². The maximum Gasteiger partial charge on any atom is 0.316 e. The number of thiophene rings is 1. The second-order valence-corrected chi connectivity index (χ2v) is 8.34. The lowest BCUT2D eigenvalue weighted by Crippen LogP contribution is -2.34. The van der Waals surface area contributed by atoms with Gasteiger partial charge in [-0.15, -0.1) is 11.3 Å². The number of rotatable bonds is 6. The van der Waals surface area contributed by atoms with Gasteiger partial charge in [-0.25, -0.2) is 9.97 Å². The van der Waals surface area contributed by atoms with E-state index in [0.717, 1.165) is 40.1 Å². The molecular formula is C20H19N3O3S2. The fraction of sp³-hybridized carbons (Fsp3) is 0.300. The quantitative estimate of drug-likeness (QED) is 0.378. The number of aromatic nitrogens is 2. The van der Waals surface area contributed by atoms with E-state index in [0.29, 0.717) is 0 Å². The molecule has 1 N–H and O–H groups in total. The van der Waals surface area contributed by atoms with Crippen molar-refractivity contribution in [2.24, 2.45) is 0 Å². The molecule has 0 fully saturated rings. The van der Waals surface area contributed by atoms with Gasteiger partial charge in [0.2, 0.25) is 0 Å². The van der Waals surface area contributed by atoms with Crippen molar-refractivity contribution < 1.29 is 14.3 Å². The number of nitrogens with zero attached hydrogens (tertiary/aromatic N) is 2.